The highest BCUT2D eigenvalue weighted by Gasteiger charge is 2.20. The van der Waals surface area contributed by atoms with Crippen molar-refractivity contribution in [2.45, 2.75) is 65.2 Å². The minimum Gasteiger partial charge on any atom is -0.494 e. The lowest BCUT2D eigenvalue weighted by Crippen LogP contribution is -2.16. The van der Waals surface area contributed by atoms with E-state index in [1.807, 2.05) is 12.1 Å². The highest BCUT2D eigenvalue weighted by Crippen LogP contribution is 2.29. The molecule has 3 rings (SSSR count). The van der Waals surface area contributed by atoms with E-state index in [0.717, 1.165) is 55.3 Å². The second-order valence-corrected chi connectivity index (χ2v) is 7.14. The molecule has 1 aromatic heterocycles. The van der Waals surface area contributed by atoms with E-state index < -0.39 is 0 Å². The molecule has 1 aliphatic carbocycles. The van der Waals surface area contributed by atoms with Gasteiger partial charge in [-0.1, -0.05) is 39.5 Å². The number of benzene rings is 1. The SMILES string of the molecule is CCCCOc1ccc(-c2ncc3c(n2)CCC(CCCC)C3)cc1. The van der Waals surface area contributed by atoms with E-state index >= 15 is 0 Å². The van der Waals surface area contributed by atoms with E-state index in [2.05, 4.69) is 37.2 Å². The maximum absolute atomic E-state index is 5.73. The molecule has 0 saturated heterocycles. The second kappa shape index (κ2) is 8.98. The van der Waals surface area contributed by atoms with Gasteiger partial charge >= 0.3 is 0 Å². The molecule has 2 aromatic rings. The molecule has 0 N–H and O–H groups in total. The Hall–Kier alpha value is -1.90. The Morgan fingerprint density at radius 3 is 2.64 bits per heavy atom. The molecule has 1 heterocycles. The summed E-state index contributed by atoms with van der Waals surface area (Å²) >= 11 is 0. The fourth-order valence-electron chi connectivity index (χ4n) is 3.50. The van der Waals surface area contributed by atoms with Gasteiger partial charge in [-0.2, -0.15) is 0 Å². The predicted octanol–water partition coefficient (Wildman–Crippen LogP) is 5.62. The van der Waals surface area contributed by atoms with Gasteiger partial charge in [0.25, 0.3) is 0 Å². The van der Waals surface area contributed by atoms with E-state index in [0.29, 0.717) is 0 Å². The van der Waals surface area contributed by atoms with Crippen LogP contribution in [0.15, 0.2) is 30.5 Å². The summed E-state index contributed by atoms with van der Waals surface area (Å²) in [5.41, 5.74) is 3.68. The first-order chi connectivity index (χ1) is 12.3. The van der Waals surface area contributed by atoms with E-state index in [-0.39, 0.29) is 0 Å². The summed E-state index contributed by atoms with van der Waals surface area (Å²) in [6, 6.07) is 8.18. The molecule has 0 fully saturated rings. The molecular weight excluding hydrogens is 308 g/mol. The lowest BCUT2D eigenvalue weighted by Gasteiger charge is -2.23. The number of hydrogen-bond acceptors (Lipinski definition) is 3. The summed E-state index contributed by atoms with van der Waals surface area (Å²) in [4.78, 5) is 9.48. The third-order valence-corrected chi connectivity index (χ3v) is 5.10. The van der Waals surface area contributed by atoms with Crippen LogP contribution in [0.4, 0.5) is 0 Å². The molecule has 0 radical (unpaired) electrons. The molecule has 1 aliphatic rings. The third kappa shape index (κ3) is 4.81. The molecule has 134 valence electrons. The van der Waals surface area contributed by atoms with Gasteiger partial charge in [-0.15, -0.1) is 0 Å². The Morgan fingerprint density at radius 1 is 1.08 bits per heavy atom. The molecule has 1 unspecified atom stereocenters. The predicted molar refractivity (Wildman–Crippen MR) is 103 cm³/mol. The average Bonchev–Trinajstić information content (AvgIpc) is 2.66. The van der Waals surface area contributed by atoms with Crippen LogP contribution in [0.25, 0.3) is 11.4 Å². The zero-order valence-electron chi connectivity index (χ0n) is 15.6. The van der Waals surface area contributed by atoms with Gasteiger partial charge in [0.2, 0.25) is 0 Å². The number of aryl methyl sites for hydroxylation is 1. The van der Waals surface area contributed by atoms with E-state index in [1.54, 1.807) is 0 Å². The number of nitrogens with zero attached hydrogens (tertiary/aromatic N) is 2. The van der Waals surface area contributed by atoms with Crippen LogP contribution in [-0.2, 0) is 12.8 Å². The lowest BCUT2D eigenvalue weighted by atomic mass is 9.84. The fraction of sp³-hybridized carbons (Fsp3) is 0.545. The number of aromatic nitrogens is 2. The second-order valence-electron chi connectivity index (χ2n) is 7.14. The van der Waals surface area contributed by atoms with Crippen molar-refractivity contribution in [1.82, 2.24) is 9.97 Å². The first-order valence-corrected chi connectivity index (χ1v) is 9.88. The topological polar surface area (TPSA) is 35.0 Å². The van der Waals surface area contributed by atoms with E-state index in [9.17, 15) is 0 Å². The molecule has 3 nitrogen and oxygen atoms in total. The first kappa shape index (κ1) is 17.9. The summed E-state index contributed by atoms with van der Waals surface area (Å²) in [5.74, 6) is 2.58. The number of fused-ring (bicyclic) bond motifs is 1. The summed E-state index contributed by atoms with van der Waals surface area (Å²) in [6.45, 7) is 5.22. The normalized spacial score (nSPS) is 16.5. The molecule has 0 spiro atoms. The van der Waals surface area contributed by atoms with Crippen molar-refractivity contribution in [2.24, 2.45) is 5.92 Å². The van der Waals surface area contributed by atoms with Crippen LogP contribution in [0.3, 0.4) is 0 Å². The Morgan fingerprint density at radius 2 is 1.88 bits per heavy atom. The monoisotopic (exact) mass is 338 g/mol. The Labute approximate surface area is 151 Å². The lowest BCUT2D eigenvalue weighted by molar-refractivity contribution is 0.309. The summed E-state index contributed by atoms with van der Waals surface area (Å²) in [7, 11) is 0. The van der Waals surface area contributed by atoms with Gasteiger partial charge in [-0.3, -0.25) is 0 Å². The fourth-order valence-corrected chi connectivity index (χ4v) is 3.50. The van der Waals surface area contributed by atoms with Crippen molar-refractivity contribution in [3.05, 3.63) is 41.7 Å². The molecule has 0 aliphatic heterocycles. The van der Waals surface area contributed by atoms with Crippen molar-refractivity contribution in [2.75, 3.05) is 6.61 Å². The minimum absolute atomic E-state index is 0.782. The Balaban J connectivity index is 1.66. The summed E-state index contributed by atoms with van der Waals surface area (Å²) in [6.07, 6.45) is 11.8. The van der Waals surface area contributed by atoms with E-state index in [4.69, 9.17) is 9.72 Å². The first-order valence-electron chi connectivity index (χ1n) is 9.88. The Kier molecular flexibility index (Phi) is 6.43. The largest absolute Gasteiger partial charge is 0.494 e. The van der Waals surface area contributed by atoms with Crippen molar-refractivity contribution < 1.29 is 4.74 Å². The molecule has 1 atom stereocenters. The van der Waals surface area contributed by atoms with Gasteiger partial charge in [0.1, 0.15) is 5.75 Å². The van der Waals surface area contributed by atoms with Crippen LogP contribution in [0.5, 0.6) is 5.75 Å². The van der Waals surface area contributed by atoms with Gasteiger partial charge < -0.3 is 4.74 Å². The summed E-state index contributed by atoms with van der Waals surface area (Å²) in [5, 5.41) is 0. The van der Waals surface area contributed by atoms with Crippen molar-refractivity contribution in [3.8, 4) is 17.1 Å². The van der Waals surface area contributed by atoms with Crippen LogP contribution in [-0.4, -0.2) is 16.6 Å². The zero-order chi connectivity index (χ0) is 17.5. The average molecular weight is 338 g/mol. The van der Waals surface area contributed by atoms with Crippen LogP contribution >= 0.6 is 0 Å². The van der Waals surface area contributed by atoms with Gasteiger partial charge in [0.05, 0.1) is 6.61 Å². The molecule has 3 heteroatoms. The number of rotatable bonds is 8. The third-order valence-electron chi connectivity index (χ3n) is 5.10. The van der Waals surface area contributed by atoms with Gasteiger partial charge in [0.15, 0.2) is 5.82 Å². The van der Waals surface area contributed by atoms with Gasteiger partial charge in [-0.25, -0.2) is 9.97 Å². The Bertz CT molecular complexity index is 666. The van der Waals surface area contributed by atoms with Crippen LogP contribution in [0, 0.1) is 5.92 Å². The molecule has 0 saturated carbocycles. The zero-order valence-corrected chi connectivity index (χ0v) is 15.6. The molecule has 1 aromatic carbocycles. The molecule has 25 heavy (non-hydrogen) atoms. The van der Waals surface area contributed by atoms with Crippen LogP contribution in [0.2, 0.25) is 0 Å². The highest BCUT2D eigenvalue weighted by molar-refractivity contribution is 5.56. The highest BCUT2D eigenvalue weighted by atomic mass is 16.5. The van der Waals surface area contributed by atoms with Crippen molar-refractivity contribution >= 4 is 0 Å². The molecular formula is C22H30N2O. The standard InChI is InChI=1S/C22H30N2O/c1-3-5-7-17-8-13-21-19(15-17)16-23-22(24-21)18-9-11-20(12-10-18)25-14-6-4-2/h9-12,16-17H,3-8,13-15H2,1-2H3. The number of ether oxygens (including phenoxy) is 1. The molecule has 0 bridgehead atoms. The minimum atomic E-state index is 0.782. The van der Waals surface area contributed by atoms with Crippen molar-refractivity contribution in [1.29, 1.82) is 0 Å². The molecule has 0 amide bonds. The summed E-state index contributed by atoms with van der Waals surface area (Å²) < 4.78 is 5.73. The number of hydrogen-bond donors (Lipinski definition) is 0. The van der Waals surface area contributed by atoms with Crippen LogP contribution in [0.1, 0.15) is 63.6 Å². The van der Waals surface area contributed by atoms with E-state index in [1.165, 1.54) is 36.9 Å². The quantitative estimate of drug-likeness (QED) is 0.586. The van der Waals surface area contributed by atoms with Gasteiger partial charge in [-0.05, 0) is 61.4 Å². The number of unbranched alkanes of at least 4 members (excludes halogenated alkanes) is 2. The maximum atomic E-state index is 5.73. The van der Waals surface area contributed by atoms with Crippen molar-refractivity contribution in [3.63, 3.8) is 0 Å². The van der Waals surface area contributed by atoms with Gasteiger partial charge in [0, 0.05) is 17.5 Å². The smallest absolute Gasteiger partial charge is 0.159 e. The maximum Gasteiger partial charge on any atom is 0.159 e. The van der Waals surface area contributed by atoms with Crippen LogP contribution < -0.4 is 4.74 Å².